The third-order valence-corrected chi connectivity index (χ3v) is 4.86. The Labute approximate surface area is 110 Å². The first-order valence-corrected chi connectivity index (χ1v) is 7.76. The van der Waals surface area contributed by atoms with Crippen molar-refractivity contribution in [1.82, 2.24) is 4.98 Å². The molecule has 0 spiro atoms. The zero-order valence-corrected chi connectivity index (χ0v) is 11.2. The van der Waals surface area contributed by atoms with Gasteiger partial charge in [-0.2, -0.15) is 0 Å². The van der Waals surface area contributed by atoms with Crippen molar-refractivity contribution >= 4 is 33.2 Å². The third-order valence-electron chi connectivity index (χ3n) is 2.79. The molecule has 1 saturated heterocycles. The Kier molecular flexibility index (Phi) is 3.87. The number of carbonyl (C=O) groups is 1. The molecule has 0 bridgehead atoms. The first kappa shape index (κ1) is 13.3. The lowest BCUT2D eigenvalue weighted by Crippen LogP contribution is -2.18. The molecule has 0 aromatic carbocycles. The van der Waals surface area contributed by atoms with Crippen LogP contribution in [0.15, 0.2) is 18.3 Å². The number of sulfone groups is 1. The van der Waals surface area contributed by atoms with Gasteiger partial charge in [-0.3, -0.25) is 4.79 Å². The highest BCUT2D eigenvalue weighted by molar-refractivity contribution is 7.91. The van der Waals surface area contributed by atoms with E-state index in [1.165, 1.54) is 6.20 Å². The first-order chi connectivity index (χ1) is 8.44. The molecule has 1 aliphatic rings. The van der Waals surface area contributed by atoms with E-state index in [9.17, 15) is 13.2 Å². The van der Waals surface area contributed by atoms with E-state index in [0.717, 1.165) is 0 Å². The lowest BCUT2D eigenvalue weighted by molar-refractivity contribution is -0.116. The Hall–Kier alpha value is -1.14. The van der Waals surface area contributed by atoms with E-state index in [2.05, 4.69) is 10.3 Å². The summed E-state index contributed by atoms with van der Waals surface area (Å²) in [5.74, 6) is 0.346. The van der Waals surface area contributed by atoms with Gasteiger partial charge in [0.1, 0.15) is 5.82 Å². The molecule has 98 valence electrons. The van der Waals surface area contributed by atoms with Crippen LogP contribution in [0.2, 0.25) is 5.02 Å². The maximum absolute atomic E-state index is 11.7. The molecular formula is C11H13ClN2O3S. The molecule has 2 rings (SSSR count). The molecule has 1 aromatic heterocycles. The maximum Gasteiger partial charge on any atom is 0.225 e. The first-order valence-electron chi connectivity index (χ1n) is 5.56. The van der Waals surface area contributed by atoms with Gasteiger partial charge in [-0.1, -0.05) is 11.6 Å². The number of pyridine rings is 1. The molecule has 7 heteroatoms. The maximum atomic E-state index is 11.7. The summed E-state index contributed by atoms with van der Waals surface area (Å²) >= 11 is 5.77. The number of rotatable bonds is 3. The number of halogens is 1. The minimum Gasteiger partial charge on any atom is -0.311 e. The molecule has 1 fully saturated rings. The molecule has 0 saturated carbocycles. The fraction of sp³-hybridized carbons (Fsp3) is 0.455. The molecule has 1 amide bonds. The van der Waals surface area contributed by atoms with Gasteiger partial charge in [0.2, 0.25) is 5.91 Å². The zero-order chi connectivity index (χ0) is 13.2. The van der Waals surface area contributed by atoms with Crippen LogP contribution in [-0.2, 0) is 14.6 Å². The summed E-state index contributed by atoms with van der Waals surface area (Å²) in [6.45, 7) is 0. The SMILES string of the molecule is O=C(CC1CCS(=O)(=O)C1)Nc1cc(Cl)ccn1. The number of nitrogens with one attached hydrogen (secondary N) is 1. The Morgan fingerprint density at radius 3 is 2.94 bits per heavy atom. The van der Waals surface area contributed by atoms with Crippen LogP contribution in [0, 0.1) is 5.92 Å². The summed E-state index contributed by atoms with van der Waals surface area (Å²) in [6.07, 6.45) is 2.25. The average Bonchev–Trinajstić information content (AvgIpc) is 2.57. The van der Waals surface area contributed by atoms with Crippen LogP contribution in [0.5, 0.6) is 0 Å². The summed E-state index contributed by atoms with van der Waals surface area (Å²) in [4.78, 5) is 15.6. The van der Waals surface area contributed by atoms with Crippen molar-refractivity contribution in [1.29, 1.82) is 0 Å². The van der Waals surface area contributed by atoms with Gasteiger partial charge in [0, 0.05) is 17.6 Å². The monoisotopic (exact) mass is 288 g/mol. The summed E-state index contributed by atoms with van der Waals surface area (Å²) in [5, 5.41) is 3.10. The lowest BCUT2D eigenvalue weighted by Gasteiger charge is -2.08. The van der Waals surface area contributed by atoms with Crippen molar-refractivity contribution in [3.8, 4) is 0 Å². The minimum atomic E-state index is -2.94. The van der Waals surface area contributed by atoms with Gasteiger partial charge in [-0.05, 0) is 24.5 Å². The molecule has 18 heavy (non-hydrogen) atoms. The highest BCUT2D eigenvalue weighted by Gasteiger charge is 2.29. The number of carbonyl (C=O) groups excluding carboxylic acids is 1. The summed E-state index contributed by atoms with van der Waals surface area (Å²) in [6, 6.07) is 3.16. The standard InChI is InChI=1S/C11H13ClN2O3S/c12-9-1-3-13-10(6-9)14-11(15)5-8-2-4-18(16,17)7-8/h1,3,6,8H,2,4-5,7H2,(H,13,14,15). The number of amides is 1. The van der Waals surface area contributed by atoms with Gasteiger partial charge in [-0.15, -0.1) is 0 Å². The minimum absolute atomic E-state index is 0.0887. The topological polar surface area (TPSA) is 76.1 Å². The van der Waals surface area contributed by atoms with E-state index in [0.29, 0.717) is 17.3 Å². The van der Waals surface area contributed by atoms with Crippen LogP contribution in [0.1, 0.15) is 12.8 Å². The van der Waals surface area contributed by atoms with Gasteiger partial charge in [0.05, 0.1) is 11.5 Å². The molecule has 0 radical (unpaired) electrons. The van der Waals surface area contributed by atoms with Crippen LogP contribution < -0.4 is 5.32 Å². The molecule has 0 aliphatic carbocycles. The fourth-order valence-corrected chi connectivity index (χ4v) is 3.98. The van der Waals surface area contributed by atoms with E-state index in [-0.39, 0.29) is 29.8 Å². The molecule has 1 N–H and O–H groups in total. The quantitative estimate of drug-likeness (QED) is 0.914. The van der Waals surface area contributed by atoms with Crippen LogP contribution in [0.3, 0.4) is 0 Å². The van der Waals surface area contributed by atoms with E-state index >= 15 is 0 Å². The van der Waals surface area contributed by atoms with Crippen molar-refractivity contribution in [2.24, 2.45) is 5.92 Å². The van der Waals surface area contributed by atoms with Gasteiger partial charge in [0.25, 0.3) is 0 Å². The van der Waals surface area contributed by atoms with Crippen molar-refractivity contribution in [3.63, 3.8) is 0 Å². The van der Waals surface area contributed by atoms with Gasteiger partial charge >= 0.3 is 0 Å². The smallest absolute Gasteiger partial charge is 0.225 e. The Bertz CT molecular complexity index is 559. The molecule has 5 nitrogen and oxygen atoms in total. The lowest BCUT2D eigenvalue weighted by atomic mass is 10.1. The van der Waals surface area contributed by atoms with E-state index in [1.54, 1.807) is 12.1 Å². The Balaban J connectivity index is 1.90. The summed E-state index contributed by atoms with van der Waals surface area (Å²) in [5.41, 5.74) is 0. The summed E-state index contributed by atoms with van der Waals surface area (Å²) < 4.78 is 22.5. The van der Waals surface area contributed by atoms with E-state index in [4.69, 9.17) is 11.6 Å². The van der Waals surface area contributed by atoms with E-state index < -0.39 is 9.84 Å². The normalized spacial score (nSPS) is 21.7. The zero-order valence-electron chi connectivity index (χ0n) is 9.60. The van der Waals surface area contributed by atoms with Crippen LogP contribution in [0.25, 0.3) is 0 Å². The second kappa shape index (κ2) is 5.24. The predicted molar refractivity (Wildman–Crippen MR) is 69.3 cm³/mol. The van der Waals surface area contributed by atoms with Gasteiger partial charge in [0.15, 0.2) is 9.84 Å². The van der Waals surface area contributed by atoms with Crippen molar-refractivity contribution in [3.05, 3.63) is 23.4 Å². The Morgan fingerprint density at radius 1 is 1.56 bits per heavy atom. The number of anilines is 1. The van der Waals surface area contributed by atoms with Crippen LogP contribution in [0.4, 0.5) is 5.82 Å². The number of nitrogens with zero attached hydrogens (tertiary/aromatic N) is 1. The largest absolute Gasteiger partial charge is 0.311 e. The molecule has 2 heterocycles. The Morgan fingerprint density at radius 2 is 2.33 bits per heavy atom. The highest BCUT2D eigenvalue weighted by atomic mass is 35.5. The van der Waals surface area contributed by atoms with Crippen molar-refractivity contribution in [2.75, 3.05) is 16.8 Å². The predicted octanol–water partition coefficient (Wildman–Crippen LogP) is 1.50. The number of hydrogen-bond acceptors (Lipinski definition) is 4. The van der Waals surface area contributed by atoms with Crippen LogP contribution in [-0.4, -0.2) is 30.8 Å². The summed E-state index contributed by atoms with van der Waals surface area (Å²) in [7, 11) is -2.94. The van der Waals surface area contributed by atoms with Gasteiger partial charge in [-0.25, -0.2) is 13.4 Å². The van der Waals surface area contributed by atoms with Crippen molar-refractivity contribution < 1.29 is 13.2 Å². The molecule has 1 aliphatic heterocycles. The molecule has 1 unspecified atom stereocenters. The second-order valence-corrected chi connectivity index (χ2v) is 7.05. The van der Waals surface area contributed by atoms with E-state index in [1.807, 2.05) is 0 Å². The number of aromatic nitrogens is 1. The molecule has 1 aromatic rings. The fourth-order valence-electron chi connectivity index (χ4n) is 1.96. The average molecular weight is 289 g/mol. The van der Waals surface area contributed by atoms with Gasteiger partial charge < -0.3 is 5.32 Å². The number of hydrogen-bond donors (Lipinski definition) is 1. The van der Waals surface area contributed by atoms with Crippen LogP contribution >= 0.6 is 11.6 Å². The molecular weight excluding hydrogens is 276 g/mol. The highest BCUT2D eigenvalue weighted by Crippen LogP contribution is 2.22. The third kappa shape index (κ3) is 3.68. The second-order valence-electron chi connectivity index (χ2n) is 4.38. The molecule has 1 atom stereocenters. The van der Waals surface area contributed by atoms with Crippen molar-refractivity contribution in [2.45, 2.75) is 12.8 Å².